The van der Waals surface area contributed by atoms with Crippen molar-refractivity contribution in [3.05, 3.63) is 57.5 Å². The Morgan fingerprint density at radius 1 is 1.30 bits per heavy atom. The third-order valence-electron chi connectivity index (χ3n) is 3.78. The third-order valence-corrected chi connectivity index (χ3v) is 4.76. The molecule has 2 N–H and O–H groups in total. The number of rotatable bonds is 8. The number of carbonyl (C=O) groups is 2. The fraction of sp³-hybridized carbons (Fsp3) is 0.368. The maximum absolute atomic E-state index is 12.3. The average molecular weight is 389 g/mol. The molecule has 0 unspecified atom stereocenters. The third kappa shape index (κ3) is 6.25. The first kappa shape index (κ1) is 20.7. The van der Waals surface area contributed by atoms with Crippen molar-refractivity contribution < 1.29 is 14.3 Å². The van der Waals surface area contributed by atoms with Gasteiger partial charge in [-0.1, -0.05) is 37.2 Å². The number of H-pyrrole nitrogens is 1. The number of nitrogens with zero attached hydrogens (tertiary/aromatic N) is 1. The molecule has 8 heteroatoms. The van der Waals surface area contributed by atoms with Gasteiger partial charge < -0.3 is 15.0 Å². The lowest BCUT2D eigenvalue weighted by Gasteiger charge is -2.12. The second kappa shape index (κ2) is 9.91. The molecule has 1 heterocycles. The van der Waals surface area contributed by atoms with Gasteiger partial charge in [0.25, 0.3) is 5.56 Å². The van der Waals surface area contributed by atoms with Crippen LogP contribution in [0.1, 0.15) is 41.9 Å². The van der Waals surface area contributed by atoms with Crippen LogP contribution in [-0.2, 0) is 22.5 Å². The molecule has 27 heavy (non-hydrogen) atoms. The fourth-order valence-electron chi connectivity index (χ4n) is 2.35. The van der Waals surface area contributed by atoms with E-state index in [0.717, 1.165) is 24.1 Å². The van der Waals surface area contributed by atoms with Gasteiger partial charge >= 0.3 is 5.97 Å². The number of ether oxygens (including phenoxy) is 1. The van der Waals surface area contributed by atoms with Crippen LogP contribution in [0.2, 0.25) is 0 Å². The van der Waals surface area contributed by atoms with Crippen LogP contribution in [0.25, 0.3) is 0 Å². The summed E-state index contributed by atoms with van der Waals surface area (Å²) in [5, 5.41) is 2.86. The number of thioether (sulfide) groups is 1. The Morgan fingerprint density at radius 2 is 2.00 bits per heavy atom. The lowest BCUT2D eigenvalue weighted by Crippen LogP contribution is -2.30. The Balaban J connectivity index is 1.92. The van der Waals surface area contributed by atoms with E-state index < -0.39 is 11.2 Å². The van der Waals surface area contributed by atoms with Crippen molar-refractivity contribution in [1.29, 1.82) is 0 Å². The van der Waals surface area contributed by atoms with Crippen LogP contribution in [0.5, 0.6) is 0 Å². The highest BCUT2D eigenvalue weighted by Crippen LogP contribution is 2.19. The number of carbonyl (C=O) groups excluding carboxylic acids is 2. The smallest absolute Gasteiger partial charge is 0.337 e. The zero-order valence-electron chi connectivity index (χ0n) is 15.6. The van der Waals surface area contributed by atoms with E-state index in [-0.39, 0.29) is 11.5 Å². The second-order valence-electron chi connectivity index (χ2n) is 5.96. The van der Waals surface area contributed by atoms with Gasteiger partial charge in [-0.2, -0.15) is 0 Å². The number of amides is 1. The van der Waals surface area contributed by atoms with E-state index in [0.29, 0.717) is 17.3 Å². The van der Waals surface area contributed by atoms with Crippen molar-refractivity contribution in [2.24, 2.45) is 0 Å². The van der Waals surface area contributed by atoms with Crippen LogP contribution in [0.15, 0.2) is 40.3 Å². The number of aryl methyl sites for hydroxylation is 1. The Bertz CT molecular complexity index is 849. The Kier molecular flexibility index (Phi) is 7.60. The summed E-state index contributed by atoms with van der Waals surface area (Å²) in [5.74, 6) is -0.567. The Hall–Kier alpha value is -2.61. The lowest BCUT2D eigenvalue weighted by molar-refractivity contribution is -0.120. The van der Waals surface area contributed by atoms with Gasteiger partial charge in [-0.15, -0.1) is 0 Å². The minimum absolute atomic E-state index is 0.166. The van der Waals surface area contributed by atoms with Gasteiger partial charge in [0.1, 0.15) is 0 Å². The van der Waals surface area contributed by atoms with Crippen LogP contribution in [-0.4, -0.2) is 34.2 Å². The van der Waals surface area contributed by atoms with Crippen molar-refractivity contribution >= 4 is 23.6 Å². The van der Waals surface area contributed by atoms with Crippen molar-refractivity contribution in [3.8, 4) is 0 Å². The van der Waals surface area contributed by atoms with Crippen LogP contribution in [0.3, 0.4) is 0 Å². The predicted molar refractivity (Wildman–Crippen MR) is 104 cm³/mol. The molecule has 0 spiro atoms. The molecule has 0 radical (unpaired) electrons. The maximum Gasteiger partial charge on any atom is 0.337 e. The summed E-state index contributed by atoms with van der Waals surface area (Å²) in [6, 6.07) is 8.31. The molecular formula is C19H23N3O4S. The summed E-state index contributed by atoms with van der Waals surface area (Å²) in [6.07, 6.45) is 1.62. The highest BCUT2D eigenvalue weighted by molar-refractivity contribution is 8.00. The molecule has 0 saturated heterocycles. The molecule has 0 aliphatic rings. The molecule has 0 saturated carbocycles. The molecule has 1 amide bonds. The number of hydrogen-bond donors (Lipinski definition) is 2. The van der Waals surface area contributed by atoms with Gasteiger partial charge in [-0.05, 0) is 31.0 Å². The van der Waals surface area contributed by atoms with Gasteiger partial charge in [0.05, 0.1) is 17.9 Å². The molecule has 1 atom stereocenters. The van der Waals surface area contributed by atoms with Crippen molar-refractivity contribution in [2.75, 3.05) is 7.11 Å². The fourth-order valence-corrected chi connectivity index (χ4v) is 3.21. The highest BCUT2D eigenvalue weighted by atomic mass is 32.2. The van der Waals surface area contributed by atoms with E-state index in [1.54, 1.807) is 31.2 Å². The molecule has 7 nitrogen and oxygen atoms in total. The van der Waals surface area contributed by atoms with Crippen molar-refractivity contribution in [2.45, 2.75) is 43.6 Å². The van der Waals surface area contributed by atoms with Gasteiger partial charge in [0.15, 0.2) is 5.16 Å². The van der Waals surface area contributed by atoms with E-state index in [1.165, 1.54) is 24.9 Å². The first-order chi connectivity index (χ1) is 12.9. The standard InChI is InChI=1S/C19H23N3O4S/c1-4-5-15-10-16(23)22-19(21-15)27-12(2)17(24)20-11-13-6-8-14(9-7-13)18(25)26-3/h6-10,12H,4-5,11H2,1-3H3,(H,20,24)(H,21,22,23)/t12-/m0/s1. The topological polar surface area (TPSA) is 101 Å². The highest BCUT2D eigenvalue weighted by Gasteiger charge is 2.16. The molecule has 1 aromatic carbocycles. The number of nitrogens with one attached hydrogen (secondary N) is 2. The molecule has 2 rings (SSSR count). The molecule has 0 aliphatic carbocycles. The molecule has 1 aromatic heterocycles. The minimum atomic E-state index is -0.417. The number of methoxy groups -OCH3 is 1. The second-order valence-corrected chi connectivity index (χ2v) is 7.29. The van der Waals surface area contributed by atoms with Crippen LogP contribution < -0.4 is 10.9 Å². The van der Waals surface area contributed by atoms with Gasteiger partial charge in [0.2, 0.25) is 5.91 Å². The molecule has 2 aromatic rings. The van der Waals surface area contributed by atoms with E-state index in [9.17, 15) is 14.4 Å². The van der Waals surface area contributed by atoms with Gasteiger partial charge in [0, 0.05) is 18.3 Å². The molecule has 0 aliphatic heterocycles. The average Bonchev–Trinajstić information content (AvgIpc) is 2.65. The number of esters is 1. The summed E-state index contributed by atoms with van der Waals surface area (Å²) in [4.78, 5) is 42.5. The quantitative estimate of drug-likeness (QED) is 0.408. The Morgan fingerprint density at radius 3 is 2.63 bits per heavy atom. The minimum Gasteiger partial charge on any atom is -0.465 e. The van der Waals surface area contributed by atoms with Crippen molar-refractivity contribution in [1.82, 2.24) is 15.3 Å². The molecular weight excluding hydrogens is 366 g/mol. The molecule has 0 fully saturated rings. The Labute approximate surface area is 161 Å². The summed E-state index contributed by atoms with van der Waals surface area (Å²) in [7, 11) is 1.33. The number of hydrogen-bond acceptors (Lipinski definition) is 6. The summed E-state index contributed by atoms with van der Waals surface area (Å²) < 4.78 is 4.65. The van der Waals surface area contributed by atoms with Crippen LogP contribution >= 0.6 is 11.8 Å². The molecule has 144 valence electrons. The number of aromatic amines is 1. The number of benzene rings is 1. The lowest BCUT2D eigenvalue weighted by atomic mass is 10.1. The summed E-state index contributed by atoms with van der Waals surface area (Å²) >= 11 is 1.21. The summed E-state index contributed by atoms with van der Waals surface area (Å²) in [5.41, 5.74) is 1.83. The van der Waals surface area contributed by atoms with E-state index in [1.807, 2.05) is 6.92 Å². The van der Waals surface area contributed by atoms with E-state index >= 15 is 0 Å². The van der Waals surface area contributed by atoms with Crippen molar-refractivity contribution in [3.63, 3.8) is 0 Å². The first-order valence-electron chi connectivity index (χ1n) is 8.64. The summed E-state index contributed by atoms with van der Waals surface area (Å²) in [6.45, 7) is 4.11. The number of aromatic nitrogens is 2. The van der Waals surface area contributed by atoms with Crippen LogP contribution in [0, 0.1) is 0 Å². The predicted octanol–water partition coefficient (Wildman–Crippen LogP) is 2.31. The monoisotopic (exact) mass is 389 g/mol. The van der Waals surface area contributed by atoms with Crippen LogP contribution in [0.4, 0.5) is 0 Å². The first-order valence-corrected chi connectivity index (χ1v) is 9.52. The SMILES string of the molecule is CCCc1cc(=O)[nH]c(S[C@@H](C)C(=O)NCc2ccc(C(=O)OC)cc2)n1. The van der Waals surface area contributed by atoms with Gasteiger partial charge in [-0.25, -0.2) is 9.78 Å². The maximum atomic E-state index is 12.3. The largest absolute Gasteiger partial charge is 0.465 e. The van der Waals surface area contributed by atoms with E-state index in [4.69, 9.17) is 0 Å². The van der Waals surface area contributed by atoms with E-state index in [2.05, 4.69) is 20.0 Å². The zero-order valence-corrected chi connectivity index (χ0v) is 16.4. The van der Waals surface area contributed by atoms with Gasteiger partial charge in [-0.3, -0.25) is 9.59 Å². The molecule has 0 bridgehead atoms. The normalized spacial score (nSPS) is 11.7. The zero-order chi connectivity index (χ0) is 19.8.